The van der Waals surface area contributed by atoms with Crippen molar-refractivity contribution in [1.82, 2.24) is 14.8 Å². The van der Waals surface area contributed by atoms with Crippen molar-refractivity contribution < 1.29 is 5.11 Å². The van der Waals surface area contributed by atoms with Crippen molar-refractivity contribution in [2.45, 2.75) is 0 Å². The molecule has 1 aromatic carbocycles. The molecule has 0 amide bonds. The maximum atomic E-state index is 9.50. The Bertz CT molecular complexity index is 474. The maximum Gasteiger partial charge on any atom is 0.199 e. The van der Waals surface area contributed by atoms with Crippen molar-refractivity contribution in [1.29, 1.82) is 0 Å². The fraction of sp³-hybridized carbons (Fsp3) is 0. The third-order valence-corrected chi connectivity index (χ3v) is 1.98. The molecular weight excluding hydrogens is 186 g/mol. The number of aromatic hydroxyl groups is 1. The molecule has 13 heavy (non-hydrogen) atoms. The largest absolute Gasteiger partial charge is 0.506 e. The van der Waals surface area contributed by atoms with E-state index in [9.17, 15) is 5.11 Å². The Labute approximate surface area is 79.5 Å². The third-order valence-electron chi connectivity index (χ3n) is 1.69. The first-order valence-electron chi connectivity index (χ1n) is 3.69. The van der Waals surface area contributed by atoms with E-state index in [0.29, 0.717) is 10.5 Å². The molecule has 0 aliphatic rings. The van der Waals surface area contributed by atoms with Gasteiger partial charge in [0, 0.05) is 0 Å². The van der Waals surface area contributed by atoms with Gasteiger partial charge >= 0.3 is 0 Å². The summed E-state index contributed by atoms with van der Waals surface area (Å²) in [5, 5.41) is 15.9. The summed E-state index contributed by atoms with van der Waals surface area (Å²) in [6.45, 7) is 0. The van der Waals surface area contributed by atoms with Crippen LogP contribution in [0.15, 0.2) is 30.6 Å². The number of rotatable bonds is 1. The highest BCUT2D eigenvalue weighted by Gasteiger charge is 2.02. The summed E-state index contributed by atoms with van der Waals surface area (Å²) < 4.78 is 2.06. The molecule has 1 aromatic heterocycles. The topological polar surface area (TPSA) is 53.8 Å². The average Bonchev–Trinajstić information content (AvgIpc) is 2.52. The molecule has 2 N–H and O–H groups in total. The minimum atomic E-state index is 0.181. The van der Waals surface area contributed by atoms with E-state index in [4.69, 9.17) is 12.2 Å². The summed E-state index contributed by atoms with van der Waals surface area (Å²) in [6, 6.07) is 6.94. The highest BCUT2D eigenvalue weighted by atomic mass is 32.1. The van der Waals surface area contributed by atoms with Gasteiger partial charge in [-0.2, -0.15) is 5.10 Å². The maximum absolute atomic E-state index is 9.50. The zero-order valence-corrected chi connectivity index (χ0v) is 7.45. The molecule has 4 nitrogen and oxygen atoms in total. The van der Waals surface area contributed by atoms with E-state index in [2.05, 4.69) is 10.2 Å². The van der Waals surface area contributed by atoms with Gasteiger partial charge in [-0.25, -0.2) is 0 Å². The normalized spacial score (nSPS) is 10.2. The van der Waals surface area contributed by atoms with E-state index in [0.717, 1.165) is 0 Å². The predicted molar refractivity (Wildman–Crippen MR) is 50.4 cm³/mol. The Hall–Kier alpha value is -1.62. The van der Waals surface area contributed by atoms with Crippen LogP contribution in [0.2, 0.25) is 0 Å². The molecule has 0 fully saturated rings. The van der Waals surface area contributed by atoms with Gasteiger partial charge in [-0.15, -0.1) is 0 Å². The van der Waals surface area contributed by atoms with Crippen LogP contribution in [-0.4, -0.2) is 19.9 Å². The van der Waals surface area contributed by atoms with Gasteiger partial charge in [0.15, 0.2) is 4.77 Å². The van der Waals surface area contributed by atoms with Gasteiger partial charge in [0.1, 0.15) is 12.1 Å². The SMILES string of the molecule is Oc1ccccc1-n1cn[nH]c1=S. The highest BCUT2D eigenvalue weighted by Crippen LogP contribution is 2.19. The second-order valence-electron chi connectivity index (χ2n) is 2.52. The van der Waals surface area contributed by atoms with Crippen molar-refractivity contribution in [2.75, 3.05) is 0 Å². The van der Waals surface area contributed by atoms with Crippen LogP contribution in [-0.2, 0) is 0 Å². The molecule has 1 heterocycles. The van der Waals surface area contributed by atoms with E-state index in [1.54, 1.807) is 22.8 Å². The number of aromatic amines is 1. The van der Waals surface area contributed by atoms with E-state index in [-0.39, 0.29) is 5.75 Å². The van der Waals surface area contributed by atoms with Gasteiger partial charge in [0.25, 0.3) is 0 Å². The summed E-state index contributed by atoms with van der Waals surface area (Å²) in [7, 11) is 0. The molecule has 0 atom stereocenters. The third kappa shape index (κ3) is 1.33. The smallest absolute Gasteiger partial charge is 0.199 e. The molecule has 2 aromatic rings. The van der Waals surface area contributed by atoms with Crippen LogP contribution in [0.3, 0.4) is 0 Å². The van der Waals surface area contributed by atoms with Crippen LogP contribution >= 0.6 is 12.2 Å². The number of benzene rings is 1. The van der Waals surface area contributed by atoms with Crippen LogP contribution in [0, 0.1) is 4.77 Å². The Morgan fingerprint density at radius 3 is 2.77 bits per heavy atom. The molecule has 0 saturated carbocycles. The zero-order valence-electron chi connectivity index (χ0n) is 6.64. The van der Waals surface area contributed by atoms with Crippen molar-refractivity contribution >= 4 is 12.2 Å². The molecular formula is C8H7N3OS. The van der Waals surface area contributed by atoms with Crippen molar-refractivity contribution in [2.24, 2.45) is 0 Å². The first-order valence-corrected chi connectivity index (χ1v) is 4.10. The number of nitrogens with one attached hydrogen (secondary N) is 1. The average molecular weight is 193 g/mol. The van der Waals surface area contributed by atoms with Crippen LogP contribution in [0.5, 0.6) is 5.75 Å². The first kappa shape index (κ1) is 8.00. The number of hydrogen-bond donors (Lipinski definition) is 2. The number of phenolic OH excluding ortho intramolecular Hbond substituents is 1. The number of hydrogen-bond acceptors (Lipinski definition) is 3. The van der Waals surface area contributed by atoms with Gasteiger partial charge in [0.2, 0.25) is 0 Å². The summed E-state index contributed by atoms with van der Waals surface area (Å²) in [5.74, 6) is 0.181. The molecule has 0 radical (unpaired) electrons. The summed E-state index contributed by atoms with van der Waals surface area (Å²) in [4.78, 5) is 0. The molecule has 0 unspecified atom stereocenters. The van der Waals surface area contributed by atoms with E-state index >= 15 is 0 Å². The van der Waals surface area contributed by atoms with Gasteiger partial charge in [0.05, 0.1) is 5.69 Å². The highest BCUT2D eigenvalue weighted by molar-refractivity contribution is 7.71. The Morgan fingerprint density at radius 1 is 1.38 bits per heavy atom. The van der Waals surface area contributed by atoms with Crippen molar-refractivity contribution in [3.8, 4) is 11.4 Å². The fourth-order valence-electron chi connectivity index (χ4n) is 1.09. The summed E-state index contributed by atoms with van der Waals surface area (Å²) in [6.07, 6.45) is 1.53. The monoisotopic (exact) mass is 193 g/mol. The van der Waals surface area contributed by atoms with E-state index in [1.165, 1.54) is 6.33 Å². The van der Waals surface area contributed by atoms with E-state index < -0.39 is 0 Å². The minimum Gasteiger partial charge on any atom is -0.506 e. The number of aromatic nitrogens is 3. The number of phenols is 1. The number of H-pyrrole nitrogens is 1. The molecule has 66 valence electrons. The number of para-hydroxylation sites is 2. The minimum absolute atomic E-state index is 0.181. The zero-order chi connectivity index (χ0) is 9.26. The molecule has 0 spiro atoms. The number of nitrogens with zero attached hydrogens (tertiary/aromatic N) is 2. The Kier molecular flexibility index (Phi) is 1.86. The Balaban J connectivity index is 2.66. The second kappa shape index (κ2) is 3.02. The predicted octanol–water partition coefficient (Wildman–Crippen LogP) is 1.64. The molecule has 0 bridgehead atoms. The van der Waals surface area contributed by atoms with Crippen LogP contribution < -0.4 is 0 Å². The molecule has 0 aliphatic heterocycles. The van der Waals surface area contributed by atoms with Crippen molar-refractivity contribution in [3.05, 3.63) is 35.4 Å². The van der Waals surface area contributed by atoms with Crippen LogP contribution in [0.1, 0.15) is 0 Å². The van der Waals surface area contributed by atoms with Gasteiger partial charge < -0.3 is 5.11 Å². The van der Waals surface area contributed by atoms with Gasteiger partial charge in [-0.05, 0) is 24.4 Å². The molecule has 0 aliphatic carbocycles. The standard InChI is InChI=1S/C8H7N3OS/c12-7-4-2-1-3-6(7)11-5-9-10-8(11)13/h1-5,12H,(H,10,13). The summed E-state index contributed by atoms with van der Waals surface area (Å²) in [5.41, 5.74) is 0.626. The lowest BCUT2D eigenvalue weighted by molar-refractivity contribution is 0.472. The molecule has 5 heteroatoms. The lowest BCUT2D eigenvalue weighted by atomic mass is 10.3. The van der Waals surface area contributed by atoms with Crippen LogP contribution in [0.4, 0.5) is 0 Å². The van der Waals surface area contributed by atoms with Gasteiger partial charge in [-0.1, -0.05) is 12.1 Å². The lowest BCUT2D eigenvalue weighted by Gasteiger charge is -2.02. The second-order valence-corrected chi connectivity index (χ2v) is 2.91. The summed E-state index contributed by atoms with van der Waals surface area (Å²) >= 11 is 4.96. The Morgan fingerprint density at radius 2 is 2.15 bits per heavy atom. The van der Waals surface area contributed by atoms with Crippen molar-refractivity contribution in [3.63, 3.8) is 0 Å². The lowest BCUT2D eigenvalue weighted by Crippen LogP contribution is -1.91. The molecule has 0 saturated heterocycles. The quantitative estimate of drug-likeness (QED) is 0.677. The fourth-order valence-corrected chi connectivity index (χ4v) is 1.29. The van der Waals surface area contributed by atoms with E-state index in [1.807, 2.05) is 6.07 Å². The van der Waals surface area contributed by atoms with Gasteiger partial charge in [-0.3, -0.25) is 9.67 Å². The first-order chi connectivity index (χ1) is 6.29. The van der Waals surface area contributed by atoms with Crippen LogP contribution in [0.25, 0.3) is 5.69 Å². The molecule has 2 rings (SSSR count).